The molecule has 0 radical (unpaired) electrons. The molecular weight excluding hydrogens is 548 g/mol. The first-order valence-electron chi connectivity index (χ1n) is 15.5. The van der Waals surface area contributed by atoms with Crippen molar-refractivity contribution in [1.82, 2.24) is 0 Å². The van der Waals surface area contributed by atoms with Gasteiger partial charge in [0.15, 0.2) is 0 Å². The molecule has 2 heterocycles. The van der Waals surface area contributed by atoms with Gasteiger partial charge in [-0.15, -0.1) is 0 Å². The number of ether oxygens (including phenoxy) is 4. The minimum absolute atomic E-state index is 0.0323. The van der Waals surface area contributed by atoms with Crippen LogP contribution in [0.15, 0.2) is 47.7 Å². The highest BCUT2D eigenvalue weighted by Crippen LogP contribution is 2.53. The maximum absolute atomic E-state index is 13.2. The zero-order valence-corrected chi connectivity index (χ0v) is 25.1. The third-order valence-corrected chi connectivity index (χ3v) is 9.02. The van der Waals surface area contributed by atoms with Gasteiger partial charge < -0.3 is 29.2 Å². The summed E-state index contributed by atoms with van der Waals surface area (Å²) < 4.78 is 24.7. The normalized spacial score (nSPS) is 23.9. The lowest BCUT2D eigenvalue weighted by Gasteiger charge is -2.31. The van der Waals surface area contributed by atoms with Crippen molar-refractivity contribution in [3.63, 3.8) is 0 Å². The predicted molar refractivity (Wildman–Crippen MR) is 160 cm³/mol. The van der Waals surface area contributed by atoms with E-state index in [1.807, 2.05) is 0 Å². The van der Waals surface area contributed by atoms with Gasteiger partial charge in [0.05, 0.1) is 23.9 Å². The zero-order valence-electron chi connectivity index (χ0n) is 25.1. The highest BCUT2D eigenvalue weighted by atomic mass is 16.6. The number of aromatic hydroxyl groups is 1. The average Bonchev–Trinajstić information content (AvgIpc) is 3.43. The summed E-state index contributed by atoms with van der Waals surface area (Å²) in [5.41, 5.74) is 3.23. The molecule has 2 aliphatic carbocycles. The van der Waals surface area contributed by atoms with Gasteiger partial charge in [0.1, 0.15) is 34.9 Å². The number of esters is 1. The summed E-state index contributed by atoms with van der Waals surface area (Å²) >= 11 is 0. The molecule has 0 unspecified atom stereocenters. The van der Waals surface area contributed by atoms with Crippen LogP contribution >= 0.6 is 0 Å². The minimum Gasteiger partial charge on any atom is -0.508 e. The number of allylic oxidation sites excluding steroid dienone is 3. The molecule has 0 spiro atoms. The Morgan fingerprint density at radius 3 is 2.49 bits per heavy atom. The monoisotopic (exact) mass is 588 g/mol. The summed E-state index contributed by atoms with van der Waals surface area (Å²) in [6.45, 7) is 5.42. The molecule has 228 valence electrons. The van der Waals surface area contributed by atoms with Crippen molar-refractivity contribution in [2.75, 3.05) is 6.61 Å². The van der Waals surface area contributed by atoms with Gasteiger partial charge in [0.2, 0.25) is 5.76 Å². The lowest BCUT2D eigenvalue weighted by atomic mass is 9.77. The molecule has 2 aromatic rings. The van der Waals surface area contributed by atoms with E-state index < -0.39 is 17.7 Å². The van der Waals surface area contributed by atoms with Crippen LogP contribution in [-0.2, 0) is 20.7 Å². The van der Waals surface area contributed by atoms with Gasteiger partial charge in [-0.25, -0.2) is 4.79 Å². The molecule has 0 bridgehead atoms. The molecular formula is C35H40O8. The highest BCUT2D eigenvalue weighted by Gasteiger charge is 2.41. The molecule has 0 aromatic heterocycles. The van der Waals surface area contributed by atoms with Crippen LogP contribution in [0.4, 0.5) is 0 Å². The fourth-order valence-corrected chi connectivity index (χ4v) is 6.64. The summed E-state index contributed by atoms with van der Waals surface area (Å²) in [4.78, 5) is 26.2. The summed E-state index contributed by atoms with van der Waals surface area (Å²) in [5.74, 6) is 1.10. The second-order valence-electron chi connectivity index (χ2n) is 12.6. The molecule has 2 saturated carbocycles. The first-order valence-corrected chi connectivity index (χ1v) is 15.5. The molecule has 2 aromatic carbocycles. The Morgan fingerprint density at radius 2 is 1.79 bits per heavy atom. The van der Waals surface area contributed by atoms with Crippen molar-refractivity contribution in [3.8, 4) is 23.0 Å². The van der Waals surface area contributed by atoms with E-state index in [0.717, 1.165) is 53.5 Å². The van der Waals surface area contributed by atoms with Crippen LogP contribution in [0, 0.1) is 0 Å². The highest BCUT2D eigenvalue weighted by molar-refractivity contribution is 5.98. The maximum Gasteiger partial charge on any atom is 0.374 e. The summed E-state index contributed by atoms with van der Waals surface area (Å²) in [5, 5.41) is 20.7. The van der Waals surface area contributed by atoms with Gasteiger partial charge in [-0.05, 0) is 88.6 Å². The molecule has 2 atom stereocenters. The molecule has 0 amide bonds. The number of aliphatic hydroxyl groups is 1. The summed E-state index contributed by atoms with van der Waals surface area (Å²) in [6, 6.07) is 8.59. The summed E-state index contributed by atoms with van der Waals surface area (Å²) in [6.07, 6.45) is 8.40. The Kier molecular flexibility index (Phi) is 7.98. The smallest absolute Gasteiger partial charge is 0.374 e. The molecule has 2 aliphatic heterocycles. The second-order valence-corrected chi connectivity index (χ2v) is 12.6. The van der Waals surface area contributed by atoms with Crippen LogP contribution in [0.1, 0.15) is 94.7 Å². The number of carbonyl (C=O) groups is 2. The standard InChI is InChI=1S/C35H40O8/c1-4-40-34(38)30-17-25(21-12-15-27(37)24(16-21)20-10-13-22(36)14-11-20)32-29(42-30)19-28-26(18-31(43-28)35(2,3)39)33(32)41-23-8-6-5-7-9-23/h10-11,13-14,17,19,23-24,31,36,39H,4-9,12,15-16,18H2,1-3H3/b25-21-/t24-,31+/m1/s1. The Bertz CT molecular complexity index is 1470. The van der Waals surface area contributed by atoms with E-state index >= 15 is 0 Å². The quantitative estimate of drug-likeness (QED) is 0.378. The van der Waals surface area contributed by atoms with E-state index in [1.54, 1.807) is 57.2 Å². The van der Waals surface area contributed by atoms with Crippen LogP contribution in [-0.4, -0.2) is 46.4 Å². The lowest BCUT2D eigenvalue weighted by molar-refractivity contribution is -0.141. The Balaban J connectivity index is 1.51. The van der Waals surface area contributed by atoms with Gasteiger partial charge in [0, 0.05) is 30.4 Å². The van der Waals surface area contributed by atoms with Crippen molar-refractivity contribution >= 4 is 17.3 Å². The van der Waals surface area contributed by atoms with E-state index in [2.05, 4.69) is 0 Å². The number of phenolic OH excluding ortho intramolecular Hbond substituents is 1. The predicted octanol–water partition coefficient (Wildman–Crippen LogP) is 6.31. The van der Waals surface area contributed by atoms with Crippen LogP contribution in [0.25, 0.3) is 5.57 Å². The van der Waals surface area contributed by atoms with Crippen molar-refractivity contribution in [2.45, 2.75) is 102 Å². The van der Waals surface area contributed by atoms with Crippen LogP contribution in [0.2, 0.25) is 0 Å². The van der Waals surface area contributed by atoms with Crippen molar-refractivity contribution in [1.29, 1.82) is 0 Å². The molecule has 8 nitrogen and oxygen atoms in total. The fraction of sp³-hybridized carbons (Fsp3) is 0.486. The van der Waals surface area contributed by atoms with Crippen molar-refractivity contribution in [2.24, 2.45) is 0 Å². The first-order chi connectivity index (χ1) is 20.6. The molecule has 8 heteroatoms. The van der Waals surface area contributed by atoms with E-state index in [-0.39, 0.29) is 35.9 Å². The third kappa shape index (κ3) is 5.90. The van der Waals surface area contributed by atoms with E-state index in [9.17, 15) is 19.8 Å². The zero-order chi connectivity index (χ0) is 30.3. The number of benzene rings is 2. The molecule has 43 heavy (non-hydrogen) atoms. The topological polar surface area (TPSA) is 112 Å². The third-order valence-electron chi connectivity index (χ3n) is 9.02. The van der Waals surface area contributed by atoms with Crippen molar-refractivity contribution in [3.05, 3.63) is 64.4 Å². The van der Waals surface area contributed by atoms with Crippen LogP contribution in [0.3, 0.4) is 0 Å². The Labute approximate surface area is 252 Å². The number of carbonyl (C=O) groups excluding carboxylic acids is 2. The van der Waals surface area contributed by atoms with Gasteiger partial charge in [-0.1, -0.05) is 24.1 Å². The van der Waals surface area contributed by atoms with Gasteiger partial charge in [-0.2, -0.15) is 0 Å². The Morgan fingerprint density at radius 1 is 1.05 bits per heavy atom. The fourth-order valence-electron chi connectivity index (χ4n) is 6.64. The van der Waals surface area contributed by atoms with Gasteiger partial charge >= 0.3 is 5.97 Å². The Hall–Kier alpha value is -3.78. The van der Waals surface area contributed by atoms with E-state index in [1.165, 1.54) is 6.42 Å². The van der Waals surface area contributed by atoms with E-state index in [4.69, 9.17) is 18.9 Å². The number of Topliss-reactive ketones (excluding diaryl/α,β-unsaturated/α-hetero) is 1. The number of hydrogen-bond donors (Lipinski definition) is 2. The first kappa shape index (κ1) is 29.3. The van der Waals surface area contributed by atoms with Crippen LogP contribution in [0.5, 0.6) is 23.0 Å². The summed E-state index contributed by atoms with van der Waals surface area (Å²) in [7, 11) is 0. The largest absolute Gasteiger partial charge is 0.508 e. The molecule has 2 N–H and O–H groups in total. The van der Waals surface area contributed by atoms with Crippen LogP contribution < -0.4 is 14.2 Å². The molecule has 2 fully saturated rings. The number of fused-ring (bicyclic) bond motifs is 2. The SMILES string of the molecule is CCOC(=O)C1=C/C(=C2\CCC(=O)[C@@H](c3ccc(O)cc3)C2)c2c(cc3c(c2OC2CCCCC2)C[C@@H](C(C)(C)O)O3)O1. The number of rotatable bonds is 6. The van der Waals surface area contributed by atoms with Gasteiger partial charge in [-0.3, -0.25) is 4.79 Å². The maximum atomic E-state index is 13.2. The number of hydrogen-bond acceptors (Lipinski definition) is 8. The van der Waals surface area contributed by atoms with E-state index in [0.29, 0.717) is 42.9 Å². The lowest BCUT2D eigenvalue weighted by Crippen LogP contribution is -2.39. The molecule has 0 saturated heterocycles. The number of phenols is 1. The second kappa shape index (κ2) is 11.7. The van der Waals surface area contributed by atoms with Gasteiger partial charge in [0.25, 0.3) is 0 Å². The van der Waals surface area contributed by atoms with Crippen molar-refractivity contribution < 1.29 is 38.7 Å². The molecule has 6 rings (SSSR count). The number of ketones is 1. The molecule has 4 aliphatic rings. The average molecular weight is 589 g/mol. The minimum atomic E-state index is -1.08.